The second kappa shape index (κ2) is 7.82. The van der Waals surface area contributed by atoms with E-state index in [2.05, 4.69) is 10.2 Å². The van der Waals surface area contributed by atoms with Gasteiger partial charge < -0.3 is 15.0 Å². The van der Waals surface area contributed by atoms with Gasteiger partial charge in [-0.3, -0.25) is 4.79 Å². The van der Waals surface area contributed by atoms with Crippen molar-refractivity contribution in [2.24, 2.45) is 0 Å². The molecule has 3 rings (SSSR count). The van der Waals surface area contributed by atoms with Gasteiger partial charge in [0.05, 0.1) is 11.0 Å². The molecule has 1 N–H and O–H groups in total. The fourth-order valence-corrected chi connectivity index (χ4v) is 4.49. The minimum Gasteiger partial charge on any atom is -0.376 e. The Kier molecular flexibility index (Phi) is 5.73. The Morgan fingerprint density at radius 2 is 1.88 bits per heavy atom. The van der Waals surface area contributed by atoms with E-state index in [4.69, 9.17) is 4.74 Å². The van der Waals surface area contributed by atoms with Crippen LogP contribution in [0.25, 0.3) is 0 Å². The maximum Gasteiger partial charge on any atom is 0.251 e. The van der Waals surface area contributed by atoms with Gasteiger partial charge in [0.25, 0.3) is 5.91 Å². The van der Waals surface area contributed by atoms with E-state index < -0.39 is 10.0 Å². The monoisotopic (exact) mass is 367 g/mol. The predicted octanol–water partition coefficient (Wildman–Crippen LogP) is 0.532. The Labute approximate surface area is 149 Å². The number of piperazine rings is 1. The van der Waals surface area contributed by atoms with E-state index in [0.717, 1.165) is 32.5 Å². The number of nitrogens with one attached hydrogen (secondary N) is 1. The van der Waals surface area contributed by atoms with Crippen molar-refractivity contribution in [3.63, 3.8) is 0 Å². The summed E-state index contributed by atoms with van der Waals surface area (Å²) < 4.78 is 32.3. The average molecular weight is 367 g/mol. The molecule has 1 amide bonds. The van der Waals surface area contributed by atoms with Crippen molar-refractivity contribution in [2.45, 2.75) is 23.8 Å². The van der Waals surface area contributed by atoms with Crippen molar-refractivity contribution < 1.29 is 17.9 Å². The van der Waals surface area contributed by atoms with Gasteiger partial charge in [0, 0.05) is 44.9 Å². The number of amides is 1. The lowest BCUT2D eigenvalue weighted by molar-refractivity contribution is 0.0857. The van der Waals surface area contributed by atoms with Gasteiger partial charge in [-0.1, -0.05) is 0 Å². The van der Waals surface area contributed by atoms with Crippen LogP contribution in [0.4, 0.5) is 0 Å². The van der Waals surface area contributed by atoms with Gasteiger partial charge in [-0.2, -0.15) is 4.31 Å². The summed E-state index contributed by atoms with van der Waals surface area (Å²) in [5, 5.41) is 2.84. The molecule has 0 aliphatic carbocycles. The maximum absolute atomic E-state index is 12.7. The Bertz CT molecular complexity index is 691. The van der Waals surface area contributed by atoms with Crippen LogP contribution in [0.3, 0.4) is 0 Å². The summed E-state index contributed by atoms with van der Waals surface area (Å²) in [7, 11) is -1.52. The van der Waals surface area contributed by atoms with Crippen molar-refractivity contribution in [1.82, 2.24) is 14.5 Å². The molecule has 2 fully saturated rings. The number of sulfonamides is 1. The summed E-state index contributed by atoms with van der Waals surface area (Å²) in [6.45, 7) is 3.66. The molecule has 2 heterocycles. The number of rotatable bonds is 5. The zero-order valence-corrected chi connectivity index (χ0v) is 15.3. The van der Waals surface area contributed by atoms with Gasteiger partial charge in [-0.05, 0) is 44.2 Å². The number of likely N-dealkylation sites (N-methyl/N-ethyl adjacent to an activating group) is 1. The summed E-state index contributed by atoms with van der Waals surface area (Å²) in [5.41, 5.74) is 0.454. The number of carbonyl (C=O) groups is 1. The number of hydrogen-bond donors (Lipinski definition) is 1. The number of benzene rings is 1. The average Bonchev–Trinajstić information content (AvgIpc) is 3.14. The minimum absolute atomic E-state index is 0.0841. The van der Waals surface area contributed by atoms with E-state index in [1.54, 1.807) is 12.1 Å². The molecular formula is C17H25N3O4S. The molecule has 1 atom stereocenters. The summed E-state index contributed by atoms with van der Waals surface area (Å²) in [6.07, 6.45) is 2.07. The first-order chi connectivity index (χ1) is 12.0. The highest BCUT2D eigenvalue weighted by Crippen LogP contribution is 2.18. The van der Waals surface area contributed by atoms with E-state index in [-0.39, 0.29) is 16.9 Å². The zero-order valence-electron chi connectivity index (χ0n) is 14.5. The molecule has 7 nitrogen and oxygen atoms in total. The third kappa shape index (κ3) is 4.38. The van der Waals surface area contributed by atoms with Crippen LogP contribution >= 0.6 is 0 Å². The van der Waals surface area contributed by atoms with Crippen LogP contribution in [0, 0.1) is 0 Å². The molecule has 1 aromatic carbocycles. The van der Waals surface area contributed by atoms with Crippen molar-refractivity contribution in [1.29, 1.82) is 0 Å². The van der Waals surface area contributed by atoms with Gasteiger partial charge in [0.2, 0.25) is 10.0 Å². The van der Waals surface area contributed by atoms with Crippen molar-refractivity contribution >= 4 is 15.9 Å². The van der Waals surface area contributed by atoms with E-state index in [0.29, 0.717) is 25.2 Å². The molecule has 2 aliphatic heterocycles. The molecule has 25 heavy (non-hydrogen) atoms. The van der Waals surface area contributed by atoms with Crippen LogP contribution in [-0.4, -0.2) is 76.0 Å². The van der Waals surface area contributed by atoms with Crippen molar-refractivity contribution in [3.8, 4) is 0 Å². The first-order valence-corrected chi connectivity index (χ1v) is 10.1. The Morgan fingerprint density at radius 3 is 2.48 bits per heavy atom. The van der Waals surface area contributed by atoms with Crippen LogP contribution in [0.15, 0.2) is 29.2 Å². The van der Waals surface area contributed by atoms with E-state index in [9.17, 15) is 13.2 Å². The molecule has 0 bridgehead atoms. The summed E-state index contributed by atoms with van der Waals surface area (Å²) in [6, 6.07) is 6.14. The SMILES string of the molecule is CN1CCN(S(=O)(=O)c2ccc(C(=O)NC[C@@H]3CCCO3)cc2)CC1. The quantitative estimate of drug-likeness (QED) is 0.821. The van der Waals surface area contributed by atoms with Crippen molar-refractivity contribution in [3.05, 3.63) is 29.8 Å². The lowest BCUT2D eigenvalue weighted by Gasteiger charge is -2.31. The van der Waals surface area contributed by atoms with Crippen LogP contribution in [-0.2, 0) is 14.8 Å². The molecule has 0 radical (unpaired) electrons. The molecule has 0 spiro atoms. The van der Waals surface area contributed by atoms with E-state index in [1.807, 2.05) is 7.05 Å². The highest BCUT2D eigenvalue weighted by Gasteiger charge is 2.27. The van der Waals surface area contributed by atoms with E-state index >= 15 is 0 Å². The normalized spacial score (nSPS) is 22.8. The molecule has 8 heteroatoms. The van der Waals surface area contributed by atoms with E-state index in [1.165, 1.54) is 16.4 Å². The lowest BCUT2D eigenvalue weighted by atomic mass is 10.2. The molecule has 2 aliphatic rings. The maximum atomic E-state index is 12.7. The largest absolute Gasteiger partial charge is 0.376 e. The molecule has 0 aromatic heterocycles. The fraction of sp³-hybridized carbons (Fsp3) is 0.588. The lowest BCUT2D eigenvalue weighted by Crippen LogP contribution is -2.47. The Hall–Kier alpha value is -1.48. The van der Waals surface area contributed by atoms with Crippen LogP contribution in [0.1, 0.15) is 23.2 Å². The third-order valence-electron chi connectivity index (χ3n) is 4.73. The number of ether oxygens (including phenoxy) is 1. The molecule has 2 saturated heterocycles. The fourth-order valence-electron chi connectivity index (χ4n) is 3.07. The van der Waals surface area contributed by atoms with Gasteiger partial charge >= 0.3 is 0 Å². The first-order valence-electron chi connectivity index (χ1n) is 8.65. The highest BCUT2D eigenvalue weighted by atomic mass is 32.2. The van der Waals surface area contributed by atoms with Gasteiger partial charge in [0.1, 0.15) is 0 Å². The molecule has 1 aromatic rings. The summed E-state index contributed by atoms with van der Waals surface area (Å²) >= 11 is 0. The molecule has 138 valence electrons. The van der Waals surface area contributed by atoms with Crippen LogP contribution in [0.5, 0.6) is 0 Å². The van der Waals surface area contributed by atoms with Gasteiger partial charge in [0.15, 0.2) is 0 Å². The van der Waals surface area contributed by atoms with Crippen molar-refractivity contribution in [2.75, 3.05) is 46.4 Å². The smallest absolute Gasteiger partial charge is 0.251 e. The van der Waals surface area contributed by atoms with Crippen LogP contribution < -0.4 is 5.32 Å². The van der Waals surface area contributed by atoms with Crippen LogP contribution in [0.2, 0.25) is 0 Å². The Morgan fingerprint density at radius 1 is 1.20 bits per heavy atom. The second-order valence-corrected chi connectivity index (χ2v) is 8.51. The number of hydrogen-bond acceptors (Lipinski definition) is 5. The number of carbonyl (C=O) groups excluding carboxylic acids is 1. The third-order valence-corrected chi connectivity index (χ3v) is 6.64. The summed E-state index contributed by atoms with van der Waals surface area (Å²) in [4.78, 5) is 14.5. The Balaban J connectivity index is 1.61. The topological polar surface area (TPSA) is 79.0 Å². The standard InChI is InChI=1S/C17H25N3O4S/c1-19-8-10-20(11-9-19)25(22,23)16-6-4-14(5-7-16)17(21)18-13-15-3-2-12-24-15/h4-7,15H,2-3,8-13H2,1H3,(H,18,21)/t15-/m0/s1. The molecule has 0 unspecified atom stereocenters. The second-order valence-electron chi connectivity index (χ2n) is 6.58. The molecular weight excluding hydrogens is 342 g/mol. The zero-order chi connectivity index (χ0) is 17.9. The minimum atomic E-state index is -3.50. The number of nitrogens with zero attached hydrogens (tertiary/aromatic N) is 2. The molecule has 0 saturated carbocycles. The first kappa shape index (κ1) is 18.3. The highest BCUT2D eigenvalue weighted by molar-refractivity contribution is 7.89. The van der Waals surface area contributed by atoms with Gasteiger partial charge in [-0.25, -0.2) is 8.42 Å². The summed E-state index contributed by atoms with van der Waals surface area (Å²) in [5.74, 6) is -0.209. The van der Waals surface area contributed by atoms with Gasteiger partial charge in [-0.15, -0.1) is 0 Å². The predicted molar refractivity (Wildman–Crippen MR) is 94.0 cm³/mol.